The van der Waals surface area contributed by atoms with E-state index in [1.165, 1.54) is 17.7 Å². The number of fused-ring (bicyclic) bond motifs is 1. The summed E-state index contributed by atoms with van der Waals surface area (Å²) in [5.74, 6) is 0.565. The van der Waals surface area contributed by atoms with Crippen LogP contribution in [0.2, 0.25) is 0 Å². The van der Waals surface area contributed by atoms with Crippen molar-refractivity contribution in [3.05, 3.63) is 36.0 Å². The predicted molar refractivity (Wildman–Crippen MR) is 116 cm³/mol. The van der Waals surface area contributed by atoms with Gasteiger partial charge in [-0.3, -0.25) is 24.0 Å². The Labute approximate surface area is 178 Å². The molecule has 1 N–H and O–H groups in total. The maximum atomic E-state index is 12.8. The summed E-state index contributed by atoms with van der Waals surface area (Å²) in [7, 11) is 0. The summed E-state index contributed by atoms with van der Waals surface area (Å²) >= 11 is 1.55. The Morgan fingerprint density at radius 1 is 1.27 bits per heavy atom. The fraction of sp³-hybridized carbons (Fsp3) is 0.400. The Bertz CT molecular complexity index is 968. The number of benzene rings is 1. The van der Waals surface area contributed by atoms with Crippen LogP contribution in [0.1, 0.15) is 24.6 Å². The van der Waals surface area contributed by atoms with Crippen LogP contribution in [0.3, 0.4) is 0 Å². The number of nitriles is 1. The molecule has 3 heterocycles. The third-order valence-electron chi connectivity index (χ3n) is 5.19. The largest absolute Gasteiger partial charge is 0.372 e. The van der Waals surface area contributed by atoms with E-state index in [1.54, 1.807) is 24.0 Å². The molecule has 4 rings (SSSR count). The quantitative estimate of drug-likeness (QED) is 0.791. The van der Waals surface area contributed by atoms with E-state index >= 15 is 0 Å². The second-order valence-electron chi connectivity index (χ2n) is 6.95. The summed E-state index contributed by atoms with van der Waals surface area (Å²) < 4.78 is 0. The van der Waals surface area contributed by atoms with Gasteiger partial charge < -0.3 is 15.1 Å². The molecule has 1 atom stereocenters. The van der Waals surface area contributed by atoms with Crippen molar-refractivity contribution in [1.82, 2.24) is 15.2 Å². The number of carbonyl (C=O) groups excluding carboxylic acids is 2. The number of thioether (sulfide) groups is 1. The molecule has 2 saturated heterocycles. The molecule has 7 nitrogen and oxygen atoms in total. The van der Waals surface area contributed by atoms with E-state index in [-0.39, 0.29) is 29.2 Å². The molecule has 0 unspecified atom stereocenters. The first kappa shape index (κ1) is 23.3. The minimum atomic E-state index is -0.417. The zero-order chi connectivity index (χ0) is 19.5. The van der Waals surface area contributed by atoms with E-state index in [0.29, 0.717) is 17.2 Å². The van der Waals surface area contributed by atoms with Gasteiger partial charge in [-0.25, -0.2) is 0 Å². The number of nitrogens with one attached hydrogen (secondary N) is 1. The molecule has 0 bridgehead atoms. The van der Waals surface area contributed by atoms with E-state index in [2.05, 4.69) is 21.3 Å². The normalized spacial score (nSPS) is 17.8. The first-order valence-electron chi connectivity index (χ1n) is 9.36. The number of amides is 2. The van der Waals surface area contributed by atoms with E-state index < -0.39 is 6.04 Å². The highest BCUT2D eigenvalue weighted by atomic mass is 32.2. The zero-order valence-electron chi connectivity index (χ0n) is 16.2. The zero-order valence-corrected chi connectivity index (χ0v) is 17.1. The molecule has 2 aromatic rings. The molecular formula is C20H25F2N5O2S. The number of halogens is 2. The lowest BCUT2D eigenvalue weighted by Gasteiger charge is -2.19. The average Bonchev–Trinajstić information content (AvgIpc) is 3.42. The lowest BCUT2D eigenvalue weighted by Crippen LogP contribution is -2.42. The van der Waals surface area contributed by atoms with Gasteiger partial charge in [0.1, 0.15) is 6.04 Å². The fourth-order valence-electron chi connectivity index (χ4n) is 3.65. The van der Waals surface area contributed by atoms with E-state index in [4.69, 9.17) is 5.26 Å². The minimum absolute atomic E-state index is 0. The second kappa shape index (κ2) is 10.2. The number of carbonyl (C=O) groups is 2. The van der Waals surface area contributed by atoms with Gasteiger partial charge in [-0.2, -0.15) is 5.26 Å². The van der Waals surface area contributed by atoms with Crippen molar-refractivity contribution in [2.75, 3.05) is 36.2 Å². The third-order valence-corrected chi connectivity index (χ3v) is 6.21. The van der Waals surface area contributed by atoms with Crippen LogP contribution >= 0.6 is 11.8 Å². The van der Waals surface area contributed by atoms with Gasteiger partial charge in [0, 0.05) is 37.5 Å². The molecule has 2 aliphatic heterocycles. The number of pyridine rings is 1. The van der Waals surface area contributed by atoms with Crippen molar-refractivity contribution >= 4 is 40.2 Å². The molecule has 0 spiro atoms. The fourth-order valence-corrected chi connectivity index (χ4v) is 4.76. The SMILES string of the molecule is F.F.N#C[C@@H]1CSCN1C(=O)CNC(=O)c1ccnc2ccc(N3CCCC3)cc12.[HH]. The summed E-state index contributed by atoms with van der Waals surface area (Å²) in [6.07, 6.45) is 3.97. The molecule has 0 saturated carbocycles. The minimum Gasteiger partial charge on any atom is -0.372 e. The van der Waals surface area contributed by atoms with Gasteiger partial charge in [0.25, 0.3) is 5.91 Å². The van der Waals surface area contributed by atoms with Gasteiger partial charge in [-0.15, -0.1) is 11.8 Å². The molecule has 2 aliphatic rings. The second-order valence-corrected chi connectivity index (χ2v) is 7.94. The first-order valence-corrected chi connectivity index (χ1v) is 10.5. The standard InChI is InChI=1S/C20H21N5O2S.2FH.H2/c21-10-15-12-28-13-25(15)19(26)11-23-20(27)16-5-6-22-18-4-3-14(9-17(16)18)24-7-1-2-8-24;;;/h3-6,9,15H,1-2,7-8,11-13H2,(H,23,27);3*1H/t15-;;;/m1.../s1. The van der Waals surface area contributed by atoms with Crippen LogP contribution in [0.15, 0.2) is 30.5 Å². The number of rotatable bonds is 4. The summed E-state index contributed by atoms with van der Waals surface area (Å²) in [5.41, 5.74) is 2.35. The summed E-state index contributed by atoms with van der Waals surface area (Å²) in [6, 6.07) is 9.37. The van der Waals surface area contributed by atoms with E-state index in [0.717, 1.165) is 29.7 Å². The molecule has 1 aromatic heterocycles. The molecule has 30 heavy (non-hydrogen) atoms. The number of anilines is 1. The van der Waals surface area contributed by atoms with Crippen LogP contribution in [0.25, 0.3) is 10.9 Å². The van der Waals surface area contributed by atoms with Gasteiger partial charge >= 0.3 is 0 Å². The van der Waals surface area contributed by atoms with Gasteiger partial charge in [0.15, 0.2) is 0 Å². The van der Waals surface area contributed by atoms with Crippen molar-refractivity contribution in [2.24, 2.45) is 0 Å². The van der Waals surface area contributed by atoms with E-state index in [1.807, 2.05) is 18.2 Å². The molecule has 10 heteroatoms. The van der Waals surface area contributed by atoms with Gasteiger partial charge in [-0.1, -0.05) is 0 Å². The highest BCUT2D eigenvalue weighted by Crippen LogP contribution is 2.26. The van der Waals surface area contributed by atoms with Crippen molar-refractivity contribution < 1.29 is 20.4 Å². The van der Waals surface area contributed by atoms with Crippen molar-refractivity contribution in [3.63, 3.8) is 0 Å². The maximum absolute atomic E-state index is 12.8. The van der Waals surface area contributed by atoms with Crippen molar-refractivity contribution in [3.8, 4) is 6.07 Å². The van der Waals surface area contributed by atoms with Gasteiger partial charge in [-0.05, 0) is 37.1 Å². The van der Waals surface area contributed by atoms with Crippen LogP contribution in [0, 0.1) is 11.3 Å². The summed E-state index contributed by atoms with van der Waals surface area (Å²) in [4.78, 5) is 33.3. The number of hydrogen-bond donors (Lipinski definition) is 1. The van der Waals surface area contributed by atoms with Crippen molar-refractivity contribution in [2.45, 2.75) is 18.9 Å². The van der Waals surface area contributed by atoms with Gasteiger partial charge in [0.05, 0.1) is 29.6 Å². The third kappa shape index (κ3) is 4.62. The molecular weight excluding hydrogens is 412 g/mol. The molecule has 0 aliphatic carbocycles. The van der Waals surface area contributed by atoms with Crippen LogP contribution < -0.4 is 10.2 Å². The van der Waals surface area contributed by atoms with E-state index in [9.17, 15) is 9.59 Å². The topological polar surface area (TPSA) is 89.3 Å². The lowest BCUT2D eigenvalue weighted by atomic mass is 10.1. The first-order chi connectivity index (χ1) is 13.7. The Kier molecular flexibility index (Phi) is 7.94. The Balaban J connectivity index is 0.00000160. The maximum Gasteiger partial charge on any atom is 0.252 e. The Hall–Kier alpha value is -2.93. The molecule has 0 radical (unpaired) electrons. The highest BCUT2D eigenvalue weighted by molar-refractivity contribution is 7.99. The van der Waals surface area contributed by atoms with Crippen molar-refractivity contribution in [1.29, 1.82) is 5.26 Å². The molecule has 1 aromatic carbocycles. The molecule has 162 valence electrons. The lowest BCUT2D eigenvalue weighted by molar-refractivity contribution is -0.129. The number of aromatic nitrogens is 1. The smallest absolute Gasteiger partial charge is 0.252 e. The van der Waals surface area contributed by atoms with Crippen LogP contribution in [-0.4, -0.2) is 59.0 Å². The Morgan fingerprint density at radius 2 is 2.03 bits per heavy atom. The number of nitrogens with zero attached hydrogens (tertiary/aromatic N) is 4. The van der Waals surface area contributed by atoms with Gasteiger partial charge in [0.2, 0.25) is 5.91 Å². The van der Waals surface area contributed by atoms with Crippen LogP contribution in [0.5, 0.6) is 0 Å². The number of hydrogen-bond acceptors (Lipinski definition) is 6. The average molecular weight is 438 g/mol. The highest BCUT2D eigenvalue weighted by Gasteiger charge is 2.29. The Morgan fingerprint density at radius 3 is 2.77 bits per heavy atom. The molecule has 2 amide bonds. The van der Waals surface area contributed by atoms with Crippen LogP contribution in [-0.2, 0) is 4.79 Å². The summed E-state index contributed by atoms with van der Waals surface area (Å²) in [6.45, 7) is 1.93. The monoisotopic (exact) mass is 437 g/mol. The summed E-state index contributed by atoms with van der Waals surface area (Å²) in [5, 5.41) is 12.6. The molecule has 2 fully saturated rings. The predicted octanol–water partition coefficient (Wildman–Crippen LogP) is 2.54. The van der Waals surface area contributed by atoms with Crippen LogP contribution in [0.4, 0.5) is 15.1 Å².